The van der Waals surface area contributed by atoms with Crippen LogP contribution in [0.15, 0.2) is 45.3 Å². The minimum atomic E-state index is -0.644. The summed E-state index contributed by atoms with van der Waals surface area (Å²) in [4.78, 5) is 32.8. The third-order valence-electron chi connectivity index (χ3n) is 9.01. The van der Waals surface area contributed by atoms with E-state index in [9.17, 15) is 9.59 Å². The largest absolute Gasteiger partial charge is 0.439 e. The zero-order chi connectivity index (χ0) is 31.4. The molecule has 1 saturated carbocycles. The van der Waals surface area contributed by atoms with E-state index in [0.29, 0.717) is 59.8 Å². The van der Waals surface area contributed by atoms with Crippen molar-refractivity contribution in [3.8, 4) is 11.1 Å². The van der Waals surface area contributed by atoms with E-state index in [1.807, 2.05) is 22.4 Å². The van der Waals surface area contributed by atoms with Crippen molar-refractivity contribution in [2.75, 3.05) is 36.5 Å². The number of benzene rings is 1. The number of H-pyrrole nitrogens is 1. The number of aromatic nitrogens is 6. The minimum Gasteiger partial charge on any atom is -0.439 e. The maximum atomic E-state index is 13.1. The first kappa shape index (κ1) is 28.6. The Morgan fingerprint density at radius 3 is 2.85 bits per heavy atom. The molecule has 1 aromatic carbocycles. The Kier molecular flexibility index (Phi) is 7.15. The number of hydrogen-bond acceptors (Lipinski definition) is 12. The van der Waals surface area contributed by atoms with Gasteiger partial charge in [-0.05, 0) is 24.0 Å². The highest BCUT2D eigenvalue weighted by atomic mass is 32.1. The summed E-state index contributed by atoms with van der Waals surface area (Å²) in [6.45, 7) is 2.47. The third-order valence-corrected chi connectivity index (χ3v) is 9.99. The maximum absolute atomic E-state index is 13.1. The number of nitrogens with zero attached hydrogens (tertiary/aromatic N) is 6. The van der Waals surface area contributed by atoms with Gasteiger partial charge in [-0.15, -0.1) is 21.5 Å². The van der Waals surface area contributed by atoms with E-state index >= 15 is 0 Å². The topological polar surface area (TPSA) is 196 Å². The van der Waals surface area contributed by atoms with Crippen molar-refractivity contribution in [3.05, 3.63) is 63.1 Å². The van der Waals surface area contributed by atoms with Crippen LogP contribution in [-0.4, -0.2) is 74.1 Å². The highest BCUT2D eigenvalue weighted by Crippen LogP contribution is 2.39. The normalized spacial score (nSPS) is 18.9. The first-order valence-corrected chi connectivity index (χ1v) is 16.2. The molecule has 8 rings (SSSR count). The fourth-order valence-electron chi connectivity index (χ4n) is 6.62. The molecule has 1 aliphatic carbocycles. The van der Waals surface area contributed by atoms with E-state index in [4.69, 9.17) is 25.6 Å². The fourth-order valence-corrected chi connectivity index (χ4v) is 7.53. The lowest BCUT2D eigenvalue weighted by atomic mass is 9.91. The Morgan fingerprint density at radius 2 is 2.02 bits per heavy atom. The van der Waals surface area contributed by atoms with Crippen LogP contribution in [0.4, 0.5) is 11.8 Å². The molecule has 14 nitrogen and oxygen atoms in total. The van der Waals surface area contributed by atoms with Gasteiger partial charge >= 0.3 is 0 Å². The van der Waals surface area contributed by atoms with Gasteiger partial charge in [0.1, 0.15) is 16.6 Å². The standard InChI is InChI=1S/C31H32N10O4S/c32-20-3-1-2-4-21(20)36-31-37-22(25(29(33)43)30-39-35-15-41(30)31)11-16-5-6-17(18-13-34-38-26(16)18)19-14-46-28-23(42)12-24(45-27(19)28)40-7-9-44-10-8-40/h5-6,12-15,20-21H,1-4,7-11,32H2,(H2,33,43)(H,34,38)(H,36,37)/t20-,21+/m1/s1. The first-order valence-electron chi connectivity index (χ1n) is 15.3. The monoisotopic (exact) mass is 640 g/mol. The van der Waals surface area contributed by atoms with Crippen LogP contribution in [0.1, 0.15) is 47.3 Å². The Bertz CT molecular complexity index is 2160. The zero-order valence-electron chi connectivity index (χ0n) is 24.9. The molecule has 2 aliphatic rings. The van der Waals surface area contributed by atoms with Gasteiger partial charge in [0.2, 0.25) is 11.4 Å². The van der Waals surface area contributed by atoms with Crippen molar-refractivity contribution in [2.45, 2.75) is 44.2 Å². The molecule has 1 aliphatic heterocycles. The molecule has 6 N–H and O–H groups in total. The second kappa shape index (κ2) is 11.5. The Balaban J connectivity index is 1.20. The second-order valence-electron chi connectivity index (χ2n) is 11.8. The molecule has 2 atom stereocenters. The molecule has 236 valence electrons. The average molecular weight is 641 g/mol. The molecule has 15 heteroatoms. The lowest BCUT2D eigenvalue weighted by Gasteiger charge is -2.30. The Hall–Kier alpha value is -4.86. The number of nitrogens with one attached hydrogen (secondary N) is 2. The SMILES string of the molecule is NC(=O)c1c(Cc2ccc(-c3csc4c(=O)cc(N5CCOCC5)oc34)c3cn[nH]c23)nc(N[C@H]2CCCC[C@H]2N)n2cnnc12. The highest BCUT2D eigenvalue weighted by molar-refractivity contribution is 7.17. The summed E-state index contributed by atoms with van der Waals surface area (Å²) < 4.78 is 14.1. The third kappa shape index (κ3) is 4.87. The first-order chi connectivity index (χ1) is 22.5. The number of amides is 1. The molecule has 2 fully saturated rings. The van der Waals surface area contributed by atoms with Crippen LogP contribution in [-0.2, 0) is 11.2 Å². The summed E-state index contributed by atoms with van der Waals surface area (Å²) >= 11 is 1.36. The van der Waals surface area contributed by atoms with Crippen LogP contribution in [0.25, 0.3) is 38.0 Å². The summed E-state index contributed by atoms with van der Waals surface area (Å²) in [5, 5.41) is 22.0. The van der Waals surface area contributed by atoms with E-state index in [2.05, 4.69) is 25.7 Å². The molecule has 0 bridgehead atoms. The fraction of sp³-hybridized carbons (Fsp3) is 0.355. The number of carbonyl (C=O) groups excluding carboxylic acids is 1. The van der Waals surface area contributed by atoms with E-state index < -0.39 is 5.91 Å². The van der Waals surface area contributed by atoms with Crippen molar-refractivity contribution >= 4 is 55.9 Å². The summed E-state index contributed by atoms with van der Waals surface area (Å²) in [6.07, 6.45) is 7.56. The van der Waals surface area contributed by atoms with Crippen molar-refractivity contribution in [2.24, 2.45) is 11.5 Å². The number of primary amides is 1. The number of hydrogen-bond donors (Lipinski definition) is 4. The van der Waals surface area contributed by atoms with Gasteiger partial charge in [0.05, 0.1) is 30.6 Å². The lowest BCUT2D eigenvalue weighted by molar-refractivity contribution is 0.1000. The number of ether oxygens (including phenoxy) is 1. The van der Waals surface area contributed by atoms with Crippen molar-refractivity contribution in [1.29, 1.82) is 0 Å². The van der Waals surface area contributed by atoms with E-state index in [1.54, 1.807) is 16.7 Å². The number of thiophene rings is 1. The van der Waals surface area contributed by atoms with Crippen LogP contribution < -0.4 is 27.1 Å². The molecule has 5 aromatic heterocycles. The quantitative estimate of drug-likeness (QED) is 0.200. The molecule has 6 heterocycles. The van der Waals surface area contributed by atoms with Crippen LogP contribution in [0.5, 0.6) is 0 Å². The number of anilines is 2. The number of nitrogens with two attached hydrogens (primary N) is 2. The summed E-state index contributed by atoms with van der Waals surface area (Å²) in [5.41, 5.74) is 17.1. The van der Waals surface area contributed by atoms with Crippen LogP contribution in [0.3, 0.4) is 0 Å². The second-order valence-corrected chi connectivity index (χ2v) is 12.7. The van der Waals surface area contributed by atoms with Gasteiger partial charge in [-0.1, -0.05) is 25.0 Å². The number of fused-ring (bicyclic) bond motifs is 3. The molecule has 0 radical (unpaired) electrons. The number of morpholine rings is 1. The van der Waals surface area contributed by atoms with Crippen LogP contribution in [0.2, 0.25) is 0 Å². The van der Waals surface area contributed by atoms with Gasteiger partial charge in [-0.3, -0.25) is 19.1 Å². The molecule has 0 unspecified atom stereocenters. The van der Waals surface area contributed by atoms with Crippen LogP contribution >= 0.6 is 11.3 Å². The highest BCUT2D eigenvalue weighted by Gasteiger charge is 2.27. The minimum absolute atomic E-state index is 0.0129. The van der Waals surface area contributed by atoms with Gasteiger partial charge in [0, 0.05) is 54.0 Å². The molecule has 1 saturated heterocycles. The van der Waals surface area contributed by atoms with Gasteiger partial charge < -0.3 is 30.8 Å². The number of aromatic amines is 1. The summed E-state index contributed by atoms with van der Waals surface area (Å²) in [6, 6.07) is 5.53. The van der Waals surface area contributed by atoms with Crippen molar-refractivity contribution in [1.82, 2.24) is 29.8 Å². The Morgan fingerprint density at radius 1 is 1.17 bits per heavy atom. The van der Waals surface area contributed by atoms with Crippen molar-refractivity contribution < 1.29 is 13.9 Å². The van der Waals surface area contributed by atoms with E-state index in [0.717, 1.165) is 53.3 Å². The molecular weight excluding hydrogens is 608 g/mol. The maximum Gasteiger partial charge on any atom is 0.254 e. The molecule has 1 amide bonds. The predicted octanol–water partition coefficient (Wildman–Crippen LogP) is 3.04. The molecule has 46 heavy (non-hydrogen) atoms. The predicted molar refractivity (Wildman–Crippen MR) is 174 cm³/mol. The molecule has 6 aromatic rings. The van der Waals surface area contributed by atoms with Gasteiger partial charge in [0.15, 0.2) is 17.1 Å². The van der Waals surface area contributed by atoms with Crippen molar-refractivity contribution in [3.63, 3.8) is 0 Å². The Labute approximate surface area is 265 Å². The average Bonchev–Trinajstić information content (AvgIpc) is 3.83. The van der Waals surface area contributed by atoms with E-state index in [1.165, 1.54) is 17.7 Å². The molecule has 0 spiro atoms. The smallest absolute Gasteiger partial charge is 0.254 e. The lowest BCUT2D eigenvalue weighted by Crippen LogP contribution is -2.43. The summed E-state index contributed by atoms with van der Waals surface area (Å²) in [5.74, 6) is 0.401. The van der Waals surface area contributed by atoms with E-state index in [-0.39, 0.29) is 29.5 Å². The zero-order valence-corrected chi connectivity index (χ0v) is 25.7. The number of rotatable bonds is 7. The molecular formula is C31H32N10O4S. The number of carbonyl (C=O) groups is 1. The van der Waals surface area contributed by atoms with Gasteiger partial charge in [-0.2, -0.15) is 5.10 Å². The van der Waals surface area contributed by atoms with Gasteiger partial charge in [0.25, 0.3) is 5.91 Å². The van der Waals surface area contributed by atoms with Crippen LogP contribution in [0, 0.1) is 0 Å². The summed E-state index contributed by atoms with van der Waals surface area (Å²) in [7, 11) is 0. The van der Waals surface area contributed by atoms with Gasteiger partial charge in [-0.25, -0.2) is 4.98 Å².